The van der Waals surface area contributed by atoms with Crippen molar-refractivity contribution in [2.75, 3.05) is 0 Å². The predicted octanol–water partition coefficient (Wildman–Crippen LogP) is 3.15. The van der Waals surface area contributed by atoms with Crippen LogP contribution < -0.4 is 5.73 Å². The lowest BCUT2D eigenvalue weighted by molar-refractivity contribution is -0.138. The fraction of sp³-hybridized carbons (Fsp3) is 0.562. The Morgan fingerprint density at radius 1 is 1.11 bits per heavy atom. The first kappa shape index (κ1) is 15.7. The molecule has 106 valence electrons. The number of unbranched alkanes of at least 4 members (excludes halogenated alkanes) is 4. The van der Waals surface area contributed by atoms with Gasteiger partial charge in [0.2, 0.25) is 0 Å². The smallest absolute Gasteiger partial charge is 0.320 e. The Morgan fingerprint density at radius 3 is 2.26 bits per heavy atom. The molecule has 0 spiro atoms. The van der Waals surface area contributed by atoms with Gasteiger partial charge >= 0.3 is 5.97 Å². The number of aliphatic carboxylic acids is 1. The van der Waals surface area contributed by atoms with Gasteiger partial charge in [-0.25, -0.2) is 0 Å². The van der Waals surface area contributed by atoms with Crippen LogP contribution in [-0.2, 0) is 17.6 Å². The molecular weight excluding hydrogens is 238 g/mol. The molecule has 0 heterocycles. The monoisotopic (exact) mass is 263 g/mol. The second kappa shape index (κ2) is 8.70. The fourth-order valence-corrected chi connectivity index (χ4v) is 2.12. The first-order valence-electron chi connectivity index (χ1n) is 7.19. The van der Waals surface area contributed by atoms with Crippen molar-refractivity contribution in [3.63, 3.8) is 0 Å². The lowest BCUT2D eigenvalue weighted by Crippen LogP contribution is -2.32. The van der Waals surface area contributed by atoms with Crippen molar-refractivity contribution in [3.8, 4) is 0 Å². The van der Waals surface area contributed by atoms with Crippen LogP contribution in [0.2, 0.25) is 0 Å². The molecule has 1 rings (SSSR count). The van der Waals surface area contributed by atoms with Gasteiger partial charge in [0.05, 0.1) is 0 Å². The van der Waals surface area contributed by atoms with E-state index < -0.39 is 12.0 Å². The third-order valence-electron chi connectivity index (χ3n) is 3.36. The molecule has 3 heteroatoms. The van der Waals surface area contributed by atoms with Gasteiger partial charge in [0.1, 0.15) is 6.04 Å². The molecule has 19 heavy (non-hydrogen) atoms. The van der Waals surface area contributed by atoms with Crippen LogP contribution in [-0.4, -0.2) is 17.1 Å². The standard InChI is InChI=1S/C16H25NO2/c1-2-3-4-5-6-7-13-8-10-14(11-9-13)12-15(17)16(18)19/h8-11,15H,2-7,12,17H2,1H3,(H,18,19). The largest absolute Gasteiger partial charge is 0.480 e. The van der Waals surface area contributed by atoms with Crippen LogP contribution >= 0.6 is 0 Å². The van der Waals surface area contributed by atoms with Gasteiger partial charge < -0.3 is 10.8 Å². The quantitative estimate of drug-likeness (QED) is 0.673. The van der Waals surface area contributed by atoms with Crippen molar-refractivity contribution in [2.45, 2.75) is 57.9 Å². The molecule has 0 fully saturated rings. The van der Waals surface area contributed by atoms with Crippen molar-refractivity contribution in [1.29, 1.82) is 0 Å². The summed E-state index contributed by atoms with van der Waals surface area (Å²) in [6.45, 7) is 2.22. The average molecular weight is 263 g/mol. The normalized spacial score (nSPS) is 12.3. The number of carboxylic acids is 1. The molecule has 3 N–H and O–H groups in total. The van der Waals surface area contributed by atoms with Crippen LogP contribution in [0, 0.1) is 0 Å². The third kappa shape index (κ3) is 6.39. The Bertz CT molecular complexity index is 373. The van der Waals surface area contributed by atoms with E-state index in [2.05, 4.69) is 19.1 Å². The predicted molar refractivity (Wildman–Crippen MR) is 78.2 cm³/mol. The van der Waals surface area contributed by atoms with Gasteiger partial charge in [-0.3, -0.25) is 4.79 Å². The SMILES string of the molecule is CCCCCCCc1ccc(CC(N)C(=O)O)cc1. The molecule has 1 atom stereocenters. The van der Waals surface area contributed by atoms with Crippen molar-refractivity contribution < 1.29 is 9.90 Å². The van der Waals surface area contributed by atoms with E-state index in [1.807, 2.05) is 12.1 Å². The van der Waals surface area contributed by atoms with Crippen LogP contribution in [0.3, 0.4) is 0 Å². The van der Waals surface area contributed by atoms with E-state index in [-0.39, 0.29) is 0 Å². The Hall–Kier alpha value is -1.35. The average Bonchev–Trinajstić information content (AvgIpc) is 2.40. The highest BCUT2D eigenvalue weighted by Crippen LogP contribution is 2.11. The number of hydrogen-bond donors (Lipinski definition) is 2. The maximum Gasteiger partial charge on any atom is 0.320 e. The number of aryl methyl sites for hydroxylation is 1. The van der Waals surface area contributed by atoms with E-state index >= 15 is 0 Å². The Balaban J connectivity index is 2.33. The number of rotatable bonds is 9. The second-order valence-corrected chi connectivity index (χ2v) is 5.13. The number of nitrogens with two attached hydrogens (primary N) is 1. The van der Waals surface area contributed by atoms with Crippen molar-refractivity contribution >= 4 is 5.97 Å². The van der Waals surface area contributed by atoms with Gasteiger partial charge in [-0.1, -0.05) is 56.9 Å². The van der Waals surface area contributed by atoms with E-state index in [0.717, 1.165) is 12.0 Å². The van der Waals surface area contributed by atoms with Crippen molar-refractivity contribution in [3.05, 3.63) is 35.4 Å². The third-order valence-corrected chi connectivity index (χ3v) is 3.36. The maximum absolute atomic E-state index is 10.7. The van der Waals surface area contributed by atoms with E-state index in [9.17, 15) is 4.79 Å². The molecule has 1 aromatic rings. The molecule has 1 unspecified atom stereocenters. The van der Waals surface area contributed by atoms with Crippen LogP contribution in [0.5, 0.6) is 0 Å². The highest BCUT2D eigenvalue weighted by atomic mass is 16.4. The van der Waals surface area contributed by atoms with E-state index in [0.29, 0.717) is 6.42 Å². The van der Waals surface area contributed by atoms with Crippen LogP contribution in [0.25, 0.3) is 0 Å². The Kier molecular flexibility index (Phi) is 7.19. The van der Waals surface area contributed by atoms with Gasteiger partial charge in [-0.2, -0.15) is 0 Å². The fourth-order valence-electron chi connectivity index (χ4n) is 2.12. The first-order chi connectivity index (χ1) is 9.13. The highest BCUT2D eigenvalue weighted by molar-refractivity contribution is 5.73. The van der Waals surface area contributed by atoms with Gasteiger partial charge in [0.15, 0.2) is 0 Å². The minimum atomic E-state index is -0.944. The van der Waals surface area contributed by atoms with Crippen molar-refractivity contribution in [2.24, 2.45) is 5.73 Å². The Labute approximate surface area is 115 Å². The molecule has 1 aromatic carbocycles. The highest BCUT2D eigenvalue weighted by Gasteiger charge is 2.11. The molecule has 0 bridgehead atoms. The molecule has 0 aliphatic rings. The molecule has 0 radical (unpaired) electrons. The molecular formula is C16H25NO2. The molecule has 0 saturated heterocycles. The molecule has 0 saturated carbocycles. The topological polar surface area (TPSA) is 63.3 Å². The summed E-state index contributed by atoms with van der Waals surface area (Å²) < 4.78 is 0. The summed E-state index contributed by atoms with van der Waals surface area (Å²) in [5.74, 6) is -0.944. The molecule has 3 nitrogen and oxygen atoms in total. The number of benzene rings is 1. The molecule has 0 aliphatic heterocycles. The minimum absolute atomic E-state index is 0.395. The zero-order chi connectivity index (χ0) is 14.1. The second-order valence-electron chi connectivity index (χ2n) is 5.13. The molecule has 0 amide bonds. The van der Waals surface area contributed by atoms with Crippen molar-refractivity contribution in [1.82, 2.24) is 0 Å². The van der Waals surface area contributed by atoms with Crippen LogP contribution in [0.15, 0.2) is 24.3 Å². The maximum atomic E-state index is 10.7. The number of carbonyl (C=O) groups is 1. The first-order valence-corrected chi connectivity index (χ1v) is 7.19. The van der Waals surface area contributed by atoms with E-state index in [4.69, 9.17) is 10.8 Å². The molecule has 0 aromatic heterocycles. The summed E-state index contributed by atoms with van der Waals surface area (Å²) in [7, 11) is 0. The van der Waals surface area contributed by atoms with Gasteiger partial charge in [0.25, 0.3) is 0 Å². The number of hydrogen-bond acceptors (Lipinski definition) is 2. The lowest BCUT2D eigenvalue weighted by atomic mass is 10.0. The lowest BCUT2D eigenvalue weighted by Gasteiger charge is -2.07. The van der Waals surface area contributed by atoms with Crippen LogP contribution in [0.1, 0.15) is 50.2 Å². The van der Waals surface area contributed by atoms with E-state index in [1.54, 1.807) is 0 Å². The summed E-state index contributed by atoms with van der Waals surface area (Å²) in [5.41, 5.74) is 7.83. The summed E-state index contributed by atoms with van der Waals surface area (Å²) in [4.78, 5) is 10.7. The van der Waals surface area contributed by atoms with Crippen LogP contribution in [0.4, 0.5) is 0 Å². The zero-order valence-corrected chi connectivity index (χ0v) is 11.8. The number of carboxylic acid groups (broad SMARTS) is 1. The van der Waals surface area contributed by atoms with Gasteiger partial charge in [-0.15, -0.1) is 0 Å². The summed E-state index contributed by atoms with van der Waals surface area (Å²) in [6.07, 6.45) is 7.95. The molecule has 0 aliphatic carbocycles. The summed E-state index contributed by atoms with van der Waals surface area (Å²) >= 11 is 0. The summed E-state index contributed by atoms with van der Waals surface area (Å²) in [5, 5.41) is 8.76. The zero-order valence-electron chi connectivity index (χ0n) is 11.8. The minimum Gasteiger partial charge on any atom is -0.480 e. The summed E-state index contributed by atoms with van der Waals surface area (Å²) in [6, 6.07) is 7.35. The Morgan fingerprint density at radius 2 is 1.68 bits per heavy atom. The van der Waals surface area contributed by atoms with Gasteiger partial charge in [0, 0.05) is 0 Å². The van der Waals surface area contributed by atoms with E-state index in [1.165, 1.54) is 37.7 Å². The van der Waals surface area contributed by atoms with Gasteiger partial charge in [-0.05, 0) is 30.4 Å².